The normalized spacial score (nSPS) is 25.0. The lowest BCUT2D eigenvalue weighted by molar-refractivity contribution is -0.141. The van der Waals surface area contributed by atoms with Gasteiger partial charge in [0.15, 0.2) is 0 Å². The maximum Gasteiger partial charge on any atom is 0.233 e. The summed E-state index contributed by atoms with van der Waals surface area (Å²) in [4.78, 5) is 49.8. The highest BCUT2D eigenvalue weighted by Gasteiger charge is 2.41. The molecule has 0 bridgehead atoms. The number of Topliss-reactive ketones (excluding diaryl/α,β-unsaturated/α-hetero) is 1. The van der Waals surface area contributed by atoms with Crippen LogP contribution < -0.4 is 5.32 Å². The number of carbonyl (C=O) groups is 4. The molecule has 1 aliphatic carbocycles. The predicted octanol–water partition coefficient (Wildman–Crippen LogP) is 3.48. The number of carbonyl (C=O) groups excluding carboxylic acids is 4. The van der Waals surface area contributed by atoms with Crippen LogP contribution in [0.5, 0.6) is 0 Å². The van der Waals surface area contributed by atoms with Gasteiger partial charge in [0.05, 0.1) is 0 Å². The Kier molecular flexibility index (Phi) is 9.31. The van der Waals surface area contributed by atoms with Gasteiger partial charge in [-0.25, -0.2) is 0 Å². The van der Waals surface area contributed by atoms with E-state index in [9.17, 15) is 19.2 Å². The van der Waals surface area contributed by atoms with Crippen molar-refractivity contribution in [3.63, 3.8) is 0 Å². The van der Waals surface area contributed by atoms with Gasteiger partial charge in [-0.15, -0.1) is 0 Å². The van der Waals surface area contributed by atoms with E-state index in [1.165, 1.54) is 4.90 Å². The van der Waals surface area contributed by atoms with Gasteiger partial charge >= 0.3 is 0 Å². The fraction of sp³-hybridized carbons (Fsp3) is 0.826. The summed E-state index contributed by atoms with van der Waals surface area (Å²) in [5.74, 6) is 0.784. The van der Waals surface area contributed by atoms with Crippen LogP contribution in [-0.2, 0) is 19.2 Å². The number of ketones is 1. The summed E-state index contributed by atoms with van der Waals surface area (Å²) in [7, 11) is 0. The molecule has 1 aliphatic heterocycles. The Hall–Kier alpha value is -1.72. The van der Waals surface area contributed by atoms with Gasteiger partial charge in [-0.3, -0.25) is 24.1 Å². The standard InChI is InChI=1S/C23H38N2O4/c1-4-19(26)8-6-5-7-13-24-22(28)18-11-9-17(10-12-18)15-25-21(27)14-20(16(2)3)23(25)29/h16-18,20H,4-15H2,1-3H3,(H,24,28). The van der Waals surface area contributed by atoms with Crippen LogP contribution >= 0.6 is 0 Å². The molecule has 1 heterocycles. The third-order valence-electron chi connectivity index (χ3n) is 6.57. The molecule has 0 radical (unpaired) electrons. The monoisotopic (exact) mass is 406 g/mol. The number of likely N-dealkylation sites (tertiary alicyclic amines) is 1. The van der Waals surface area contributed by atoms with Crippen molar-refractivity contribution in [2.45, 2.75) is 85.0 Å². The first-order valence-electron chi connectivity index (χ1n) is 11.5. The minimum Gasteiger partial charge on any atom is -0.356 e. The van der Waals surface area contributed by atoms with Crippen LogP contribution in [0.2, 0.25) is 0 Å². The number of hydrogen-bond donors (Lipinski definition) is 1. The number of rotatable bonds is 11. The van der Waals surface area contributed by atoms with Crippen molar-refractivity contribution >= 4 is 23.5 Å². The van der Waals surface area contributed by atoms with E-state index in [-0.39, 0.29) is 35.5 Å². The van der Waals surface area contributed by atoms with Gasteiger partial charge in [0.25, 0.3) is 0 Å². The molecule has 2 rings (SSSR count). The van der Waals surface area contributed by atoms with Crippen molar-refractivity contribution in [3.8, 4) is 0 Å². The molecular formula is C23H38N2O4. The van der Waals surface area contributed by atoms with Crippen LogP contribution in [-0.4, -0.2) is 41.5 Å². The second-order valence-electron chi connectivity index (χ2n) is 9.11. The van der Waals surface area contributed by atoms with E-state index in [1.807, 2.05) is 20.8 Å². The highest BCUT2D eigenvalue weighted by atomic mass is 16.2. The van der Waals surface area contributed by atoms with Crippen LogP contribution in [0, 0.1) is 23.7 Å². The Morgan fingerprint density at radius 1 is 1.07 bits per heavy atom. The summed E-state index contributed by atoms with van der Waals surface area (Å²) in [6, 6.07) is 0. The summed E-state index contributed by atoms with van der Waals surface area (Å²) in [6.07, 6.45) is 7.81. The average Bonchev–Trinajstić information content (AvgIpc) is 2.99. The molecule has 6 heteroatoms. The highest BCUT2D eigenvalue weighted by molar-refractivity contribution is 6.03. The summed E-state index contributed by atoms with van der Waals surface area (Å²) < 4.78 is 0. The molecule has 6 nitrogen and oxygen atoms in total. The lowest BCUT2D eigenvalue weighted by Gasteiger charge is -2.30. The molecule has 0 spiro atoms. The minimum atomic E-state index is -0.162. The molecule has 0 aromatic rings. The van der Waals surface area contributed by atoms with Crippen molar-refractivity contribution in [1.82, 2.24) is 10.2 Å². The van der Waals surface area contributed by atoms with E-state index in [2.05, 4.69) is 5.32 Å². The first-order valence-corrected chi connectivity index (χ1v) is 11.5. The van der Waals surface area contributed by atoms with Crippen molar-refractivity contribution < 1.29 is 19.2 Å². The van der Waals surface area contributed by atoms with Gasteiger partial charge < -0.3 is 5.32 Å². The van der Waals surface area contributed by atoms with Gasteiger partial charge in [-0.05, 0) is 50.4 Å². The molecule has 1 unspecified atom stereocenters. The van der Waals surface area contributed by atoms with Crippen LogP contribution in [0.4, 0.5) is 0 Å². The average molecular weight is 407 g/mol. The van der Waals surface area contributed by atoms with E-state index in [0.717, 1.165) is 44.9 Å². The zero-order valence-corrected chi connectivity index (χ0v) is 18.4. The van der Waals surface area contributed by atoms with E-state index in [0.29, 0.717) is 44.1 Å². The molecule has 1 saturated heterocycles. The lowest BCUT2D eigenvalue weighted by Crippen LogP contribution is -2.39. The molecule has 29 heavy (non-hydrogen) atoms. The molecule has 164 valence electrons. The molecule has 0 aromatic heterocycles. The molecular weight excluding hydrogens is 368 g/mol. The Morgan fingerprint density at radius 3 is 2.34 bits per heavy atom. The second-order valence-corrected chi connectivity index (χ2v) is 9.11. The molecule has 0 aromatic carbocycles. The van der Waals surface area contributed by atoms with E-state index in [4.69, 9.17) is 0 Å². The molecule has 2 fully saturated rings. The molecule has 1 saturated carbocycles. The van der Waals surface area contributed by atoms with Crippen LogP contribution in [0.15, 0.2) is 0 Å². The van der Waals surface area contributed by atoms with Gasteiger partial charge in [0, 0.05) is 44.2 Å². The largest absolute Gasteiger partial charge is 0.356 e. The van der Waals surface area contributed by atoms with Crippen LogP contribution in [0.1, 0.15) is 85.0 Å². The van der Waals surface area contributed by atoms with Gasteiger partial charge in [0.1, 0.15) is 5.78 Å². The number of nitrogens with one attached hydrogen (secondary N) is 1. The summed E-state index contributed by atoms with van der Waals surface area (Å²) in [6.45, 7) is 7.07. The number of nitrogens with zero attached hydrogens (tertiary/aromatic N) is 1. The molecule has 2 aliphatic rings. The van der Waals surface area contributed by atoms with E-state index >= 15 is 0 Å². The first kappa shape index (κ1) is 23.6. The van der Waals surface area contributed by atoms with E-state index in [1.54, 1.807) is 0 Å². The van der Waals surface area contributed by atoms with Gasteiger partial charge in [-0.2, -0.15) is 0 Å². The smallest absolute Gasteiger partial charge is 0.233 e. The third kappa shape index (κ3) is 6.93. The number of unbranched alkanes of at least 4 members (excludes halogenated alkanes) is 2. The predicted molar refractivity (Wildman–Crippen MR) is 112 cm³/mol. The zero-order valence-electron chi connectivity index (χ0n) is 18.4. The molecule has 1 atom stereocenters. The summed E-state index contributed by atoms with van der Waals surface area (Å²) in [5.41, 5.74) is 0. The van der Waals surface area contributed by atoms with E-state index < -0.39 is 0 Å². The van der Waals surface area contributed by atoms with Crippen LogP contribution in [0.25, 0.3) is 0 Å². The maximum atomic E-state index is 12.5. The van der Waals surface area contributed by atoms with Crippen molar-refractivity contribution in [2.75, 3.05) is 13.1 Å². The maximum absolute atomic E-state index is 12.5. The SMILES string of the molecule is CCC(=O)CCCCCNC(=O)C1CCC(CN2C(=O)CC(C(C)C)C2=O)CC1. The summed E-state index contributed by atoms with van der Waals surface area (Å²) >= 11 is 0. The van der Waals surface area contributed by atoms with Crippen molar-refractivity contribution in [2.24, 2.45) is 23.7 Å². The second kappa shape index (κ2) is 11.5. The Bertz CT molecular complexity index is 594. The highest BCUT2D eigenvalue weighted by Crippen LogP contribution is 2.32. The number of amides is 3. The fourth-order valence-electron chi connectivity index (χ4n) is 4.44. The number of hydrogen-bond acceptors (Lipinski definition) is 4. The first-order chi connectivity index (χ1) is 13.8. The topological polar surface area (TPSA) is 83.6 Å². The Balaban J connectivity index is 1.63. The Labute approximate surface area is 175 Å². The molecule has 1 N–H and O–H groups in total. The summed E-state index contributed by atoms with van der Waals surface area (Å²) in [5, 5.41) is 3.03. The fourth-order valence-corrected chi connectivity index (χ4v) is 4.44. The lowest BCUT2D eigenvalue weighted by atomic mass is 9.81. The quantitative estimate of drug-likeness (QED) is 0.421. The number of imide groups is 1. The molecule has 3 amide bonds. The Morgan fingerprint density at radius 2 is 1.76 bits per heavy atom. The van der Waals surface area contributed by atoms with Crippen molar-refractivity contribution in [1.29, 1.82) is 0 Å². The van der Waals surface area contributed by atoms with Gasteiger partial charge in [-0.1, -0.05) is 27.2 Å². The van der Waals surface area contributed by atoms with Gasteiger partial charge in [0.2, 0.25) is 17.7 Å². The minimum absolute atomic E-state index is 0.00879. The van der Waals surface area contributed by atoms with Crippen LogP contribution in [0.3, 0.4) is 0 Å². The zero-order chi connectivity index (χ0) is 21.4. The third-order valence-corrected chi connectivity index (χ3v) is 6.57. The van der Waals surface area contributed by atoms with Crippen molar-refractivity contribution in [3.05, 3.63) is 0 Å².